The van der Waals surface area contributed by atoms with Crippen molar-refractivity contribution in [3.05, 3.63) is 46.1 Å². The molecule has 0 saturated heterocycles. The van der Waals surface area contributed by atoms with Crippen LogP contribution >= 0.6 is 11.6 Å². The van der Waals surface area contributed by atoms with Gasteiger partial charge in [0.15, 0.2) is 0 Å². The minimum absolute atomic E-state index is 0.121. The van der Waals surface area contributed by atoms with Gasteiger partial charge in [-0.25, -0.2) is 4.79 Å². The Labute approximate surface area is 98.1 Å². The molecule has 0 atom stereocenters. The van der Waals surface area contributed by atoms with E-state index in [-0.39, 0.29) is 5.69 Å². The molecule has 0 bridgehead atoms. The Morgan fingerprint density at radius 1 is 1.31 bits per heavy atom. The van der Waals surface area contributed by atoms with Crippen molar-refractivity contribution in [3.63, 3.8) is 0 Å². The lowest BCUT2D eigenvalue weighted by Gasteiger charge is -1.99. The first-order valence-corrected chi connectivity index (χ1v) is 5.50. The van der Waals surface area contributed by atoms with E-state index < -0.39 is 0 Å². The van der Waals surface area contributed by atoms with E-state index in [4.69, 9.17) is 11.6 Å². The number of aromatic nitrogens is 3. The van der Waals surface area contributed by atoms with Crippen LogP contribution in [0.5, 0.6) is 0 Å². The Kier molecular flexibility index (Phi) is 3.10. The summed E-state index contributed by atoms with van der Waals surface area (Å²) in [6.07, 6.45) is 2.46. The number of benzene rings is 1. The maximum atomic E-state index is 11.9. The van der Waals surface area contributed by atoms with Crippen LogP contribution < -0.4 is 5.69 Å². The van der Waals surface area contributed by atoms with E-state index in [0.717, 1.165) is 12.1 Å². The zero-order valence-electron chi connectivity index (χ0n) is 8.93. The molecule has 0 aliphatic rings. The monoisotopic (exact) mass is 237 g/mol. The second-order valence-corrected chi connectivity index (χ2v) is 3.93. The molecule has 0 amide bonds. The average Bonchev–Trinajstić information content (AvgIpc) is 2.63. The summed E-state index contributed by atoms with van der Waals surface area (Å²) in [5.41, 5.74) is 0.605. The van der Waals surface area contributed by atoms with Crippen molar-refractivity contribution < 1.29 is 0 Å². The highest BCUT2D eigenvalue weighted by Crippen LogP contribution is 2.10. The molecule has 0 N–H and O–H groups in total. The van der Waals surface area contributed by atoms with Gasteiger partial charge in [-0.2, -0.15) is 9.78 Å². The topological polar surface area (TPSA) is 39.8 Å². The van der Waals surface area contributed by atoms with Crippen LogP contribution in [-0.2, 0) is 6.54 Å². The standard InChI is InChI=1S/C11H12ClN3O/c1-2-7-14-8-13-15(11(14)16)10-5-3-9(12)4-6-10/h3-6,8H,2,7H2,1H3. The fourth-order valence-corrected chi connectivity index (χ4v) is 1.61. The predicted octanol–water partition coefficient (Wildman–Crippen LogP) is 2.10. The van der Waals surface area contributed by atoms with E-state index in [2.05, 4.69) is 5.10 Å². The summed E-state index contributed by atoms with van der Waals surface area (Å²) in [7, 11) is 0. The first kappa shape index (κ1) is 11.0. The van der Waals surface area contributed by atoms with Crippen molar-refractivity contribution in [2.24, 2.45) is 0 Å². The van der Waals surface area contributed by atoms with Crippen LogP contribution in [0, 0.1) is 0 Å². The molecule has 1 aromatic carbocycles. The number of hydrogen-bond donors (Lipinski definition) is 0. The maximum Gasteiger partial charge on any atom is 0.350 e. The van der Waals surface area contributed by atoms with Crippen LogP contribution in [0.25, 0.3) is 5.69 Å². The molecule has 2 aromatic rings. The molecule has 0 aliphatic heterocycles. The van der Waals surface area contributed by atoms with Crippen molar-refractivity contribution in [1.82, 2.24) is 14.3 Å². The van der Waals surface area contributed by atoms with Gasteiger partial charge in [-0.1, -0.05) is 18.5 Å². The normalized spacial score (nSPS) is 10.6. The highest BCUT2D eigenvalue weighted by atomic mass is 35.5. The fraction of sp³-hybridized carbons (Fsp3) is 0.273. The van der Waals surface area contributed by atoms with Crippen LogP contribution in [0.1, 0.15) is 13.3 Å². The van der Waals surface area contributed by atoms with E-state index in [1.54, 1.807) is 35.2 Å². The lowest BCUT2D eigenvalue weighted by molar-refractivity contribution is 0.647. The van der Waals surface area contributed by atoms with Gasteiger partial charge in [0.1, 0.15) is 6.33 Å². The minimum atomic E-state index is -0.121. The molecule has 2 rings (SSSR count). The van der Waals surface area contributed by atoms with Crippen LogP contribution in [0.3, 0.4) is 0 Å². The highest BCUT2D eigenvalue weighted by Gasteiger charge is 2.05. The molecule has 0 unspecified atom stereocenters. The number of aryl methyl sites for hydroxylation is 1. The third kappa shape index (κ3) is 2.02. The van der Waals surface area contributed by atoms with Crippen LogP contribution in [-0.4, -0.2) is 14.3 Å². The van der Waals surface area contributed by atoms with Gasteiger partial charge in [0, 0.05) is 11.6 Å². The van der Waals surface area contributed by atoms with E-state index in [0.29, 0.717) is 11.6 Å². The van der Waals surface area contributed by atoms with Crippen LogP contribution in [0.2, 0.25) is 5.02 Å². The minimum Gasteiger partial charge on any atom is -0.281 e. The third-order valence-corrected chi connectivity index (χ3v) is 2.52. The summed E-state index contributed by atoms with van der Waals surface area (Å²) >= 11 is 5.78. The average molecular weight is 238 g/mol. The van der Waals surface area contributed by atoms with Gasteiger partial charge in [0.25, 0.3) is 0 Å². The van der Waals surface area contributed by atoms with Crippen molar-refractivity contribution in [3.8, 4) is 5.69 Å². The lowest BCUT2D eigenvalue weighted by Crippen LogP contribution is -2.23. The first-order chi connectivity index (χ1) is 7.72. The molecule has 0 aliphatic carbocycles. The van der Waals surface area contributed by atoms with Gasteiger partial charge in [-0.3, -0.25) is 4.57 Å². The number of rotatable bonds is 3. The molecule has 0 fully saturated rings. The Balaban J connectivity index is 2.41. The Morgan fingerprint density at radius 2 is 2.00 bits per heavy atom. The summed E-state index contributed by atoms with van der Waals surface area (Å²) < 4.78 is 2.96. The lowest BCUT2D eigenvalue weighted by atomic mass is 10.3. The molecule has 4 nitrogen and oxygen atoms in total. The van der Waals surface area contributed by atoms with Crippen molar-refractivity contribution in [2.75, 3.05) is 0 Å². The van der Waals surface area contributed by atoms with Crippen LogP contribution in [0.4, 0.5) is 0 Å². The summed E-state index contributed by atoms with van der Waals surface area (Å²) in [6.45, 7) is 2.71. The largest absolute Gasteiger partial charge is 0.350 e. The van der Waals surface area contributed by atoms with Crippen molar-refractivity contribution in [2.45, 2.75) is 19.9 Å². The van der Waals surface area contributed by atoms with E-state index in [1.807, 2.05) is 6.92 Å². The quantitative estimate of drug-likeness (QED) is 0.820. The Morgan fingerprint density at radius 3 is 2.62 bits per heavy atom. The summed E-state index contributed by atoms with van der Waals surface area (Å²) in [6, 6.07) is 7.02. The van der Waals surface area contributed by atoms with Crippen molar-refractivity contribution in [1.29, 1.82) is 0 Å². The zero-order chi connectivity index (χ0) is 11.5. The number of nitrogens with zero attached hydrogens (tertiary/aromatic N) is 3. The predicted molar refractivity (Wildman–Crippen MR) is 63.1 cm³/mol. The smallest absolute Gasteiger partial charge is 0.281 e. The number of halogens is 1. The summed E-state index contributed by atoms with van der Waals surface area (Å²) in [5, 5.41) is 4.70. The van der Waals surface area contributed by atoms with Gasteiger partial charge < -0.3 is 0 Å². The molecule has 0 saturated carbocycles. The Hall–Kier alpha value is -1.55. The summed E-state index contributed by atoms with van der Waals surface area (Å²) in [5.74, 6) is 0. The van der Waals surface area contributed by atoms with E-state index >= 15 is 0 Å². The number of hydrogen-bond acceptors (Lipinski definition) is 2. The molecule has 0 radical (unpaired) electrons. The SMILES string of the molecule is CCCn1cnn(-c2ccc(Cl)cc2)c1=O. The zero-order valence-corrected chi connectivity index (χ0v) is 9.68. The second-order valence-electron chi connectivity index (χ2n) is 3.50. The molecule has 5 heteroatoms. The molecule has 16 heavy (non-hydrogen) atoms. The molecule has 1 aromatic heterocycles. The molecule has 1 heterocycles. The molecule has 84 valence electrons. The second kappa shape index (κ2) is 4.53. The van der Waals surface area contributed by atoms with Gasteiger partial charge in [0.2, 0.25) is 0 Å². The highest BCUT2D eigenvalue weighted by molar-refractivity contribution is 6.30. The van der Waals surface area contributed by atoms with Crippen LogP contribution in [0.15, 0.2) is 35.4 Å². The Bertz CT molecular complexity index is 527. The first-order valence-electron chi connectivity index (χ1n) is 5.13. The maximum absolute atomic E-state index is 11.9. The van der Waals surface area contributed by atoms with Gasteiger partial charge in [-0.05, 0) is 30.7 Å². The summed E-state index contributed by atoms with van der Waals surface area (Å²) in [4.78, 5) is 11.9. The molecular weight excluding hydrogens is 226 g/mol. The van der Waals surface area contributed by atoms with Crippen molar-refractivity contribution >= 4 is 11.6 Å². The van der Waals surface area contributed by atoms with Gasteiger partial charge in [-0.15, -0.1) is 0 Å². The van der Waals surface area contributed by atoms with Gasteiger partial charge >= 0.3 is 5.69 Å². The van der Waals surface area contributed by atoms with E-state index in [9.17, 15) is 4.79 Å². The van der Waals surface area contributed by atoms with E-state index in [1.165, 1.54) is 4.68 Å². The fourth-order valence-electron chi connectivity index (χ4n) is 1.49. The molecule has 0 spiro atoms. The third-order valence-electron chi connectivity index (χ3n) is 2.27. The molecular formula is C11H12ClN3O. The van der Waals surface area contributed by atoms with Gasteiger partial charge in [0.05, 0.1) is 5.69 Å².